The molecule has 5 heteroatoms. The van der Waals surface area contributed by atoms with Crippen molar-refractivity contribution in [2.24, 2.45) is 5.92 Å². The Hall–Kier alpha value is -1.36. The third-order valence-electron chi connectivity index (χ3n) is 5.62. The Kier molecular flexibility index (Phi) is 7.90. The number of hydrogen-bond donors (Lipinski definition) is 3. The number of carboxylic acids is 1. The van der Waals surface area contributed by atoms with Gasteiger partial charge in [0, 0.05) is 23.1 Å². The minimum absolute atomic E-state index is 0.0116. The van der Waals surface area contributed by atoms with Crippen molar-refractivity contribution in [3.8, 4) is 0 Å². The standard InChI is InChI=1S/C22H31ClO4/c1-22(2,14-24)16-11-9-15(10-12-16)21-17(18(23)13-19(21)25)7-5-3-4-6-8-20(26)27/h3,5,9-12,17-19,21,24-25H,4,6-8,13-14H2,1-2H3,(H,26,27)/b5-3+. The van der Waals surface area contributed by atoms with Crippen LogP contribution in [0.3, 0.4) is 0 Å². The van der Waals surface area contributed by atoms with Gasteiger partial charge in [0.15, 0.2) is 0 Å². The average Bonchev–Trinajstić information content (AvgIpc) is 2.91. The summed E-state index contributed by atoms with van der Waals surface area (Å²) in [6.07, 6.45) is 6.52. The van der Waals surface area contributed by atoms with Crippen LogP contribution in [0.1, 0.15) is 63.0 Å². The molecule has 0 aliphatic heterocycles. The van der Waals surface area contributed by atoms with E-state index in [0.717, 1.165) is 24.0 Å². The molecule has 3 N–H and O–H groups in total. The molecule has 2 rings (SSSR count). The molecule has 0 heterocycles. The van der Waals surface area contributed by atoms with Crippen LogP contribution in [-0.2, 0) is 10.2 Å². The molecule has 1 aromatic carbocycles. The quantitative estimate of drug-likeness (QED) is 0.332. The summed E-state index contributed by atoms with van der Waals surface area (Å²) < 4.78 is 0. The van der Waals surface area contributed by atoms with Gasteiger partial charge in [-0.1, -0.05) is 50.3 Å². The number of aliphatic hydroxyl groups is 2. The molecule has 4 atom stereocenters. The molecular weight excluding hydrogens is 364 g/mol. The molecule has 150 valence electrons. The van der Waals surface area contributed by atoms with Crippen LogP contribution in [-0.4, -0.2) is 39.4 Å². The Morgan fingerprint density at radius 2 is 1.93 bits per heavy atom. The molecule has 4 unspecified atom stereocenters. The Bertz CT molecular complexity index is 638. The predicted octanol–water partition coefficient (Wildman–Crippen LogP) is 4.23. The highest BCUT2D eigenvalue weighted by atomic mass is 35.5. The molecule has 1 aromatic rings. The molecule has 4 nitrogen and oxygen atoms in total. The Morgan fingerprint density at radius 1 is 1.26 bits per heavy atom. The number of hydrogen-bond acceptors (Lipinski definition) is 3. The minimum Gasteiger partial charge on any atom is -0.481 e. The van der Waals surface area contributed by atoms with Gasteiger partial charge < -0.3 is 15.3 Å². The maximum atomic E-state index is 10.5. The van der Waals surface area contributed by atoms with E-state index < -0.39 is 12.1 Å². The number of benzene rings is 1. The van der Waals surface area contributed by atoms with E-state index >= 15 is 0 Å². The number of aliphatic hydroxyl groups excluding tert-OH is 2. The number of alkyl halides is 1. The van der Waals surface area contributed by atoms with Crippen molar-refractivity contribution in [2.75, 3.05) is 6.61 Å². The summed E-state index contributed by atoms with van der Waals surface area (Å²) >= 11 is 6.52. The fourth-order valence-corrected chi connectivity index (χ4v) is 4.26. The first kappa shape index (κ1) is 21.9. The van der Waals surface area contributed by atoms with Crippen LogP contribution in [0.2, 0.25) is 0 Å². The van der Waals surface area contributed by atoms with Crippen molar-refractivity contribution in [2.45, 2.75) is 68.8 Å². The van der Waals surface area contributed by atoms with E-state index in [0.29, 0.717) is 12.8 Å². The summed E-state index contributed by atoms with van der Waals surface area (Å²) in [6.45, 7) is 4.08. The first-order valence-electron chi connectivity index (χ1n) is 9.66. The summed E-state index contributed by atoms with van der Waals surface area (Å²) in [5.74, 6) is -0.632. The molecule has 0 amide bonds. The molecule has 1 aliphatic rings. The lowest BCUT2D eigenvalue weighted by Crippen LogP contribution is -2.22. The number of aliphatic carboxylic acids is 1. The molecule has 0 aromatic heterocycles. The third kappa shape index (κ3) is 5.81. The molecule has 0 bridgehead atoms. The van der Waals surface area contributed by atoms with E-state index in [2.05, 4.69) is 6.08 Å². The summed E-state index contributed by atoms with van der Waals surface area (Å²) in [5, 5.41) is 28.7. The van der Waals surface area contributed by atoms with Crippen LogP contribution in [0.5, 0.6) is 0 Å². The molecule has 1 fully saturated rings. The molecular formula is C22H31ClO4. The van der Waals surface area contributed by atoms with Gasteiger partial charge in [-0.15, -0.1) is 11.6 Å². The van der Waals surface area contributed by atoms with Crippen molar-refractivity contribution in [3.63, 3.8) is 0 Å². The Morgan fingerprint density at radius 3 is 2.52 bits per heavy atom. The normalized spacial score (nSPS) is 26.0. The summed E-state index contributed by atoms with van der Waals surface area (Å²) in [6, 6.07) is 8.13. The lowest BCUT2D eigenvalue weighted by atomic mass is 9.81. The van der Waals surface area contributed by atoms with Gasteiger partial charge in [0.2, 0.25) is 0 Å². The lowest BCUT2D eigenvalue weighted by Gasteiger charge is -2.26. The number of carbonyl (C=O) groups is 1. The average molecular weight is 395 g/mol. The van der Waals surface area contributed by atoms with E-state index in [9.17, 15) is 15.0 Å². The maximum Gasteiger partial charge on any atom is 0.303 e. The highest BCUT2D eigenvalue weighted by Gasteiger charge is 2.41. The van der Waals surface area contributed by atoms with Gasteiger partial charge in [-0.05, 0) is 42.7 Å². The lowest BCUT2D eigenvalue weighted by molar-refractivity contribution is -0.137. The molecule has 0 saturated heterocycles. The van der Waals surface area contributed by atoms with E-state index in [-0.39, 0.29) is 35.7 Å². The fourth-order valence-electron chi connectivity index (χ4n) is 3.82. The number of allylic oxidation sites excluding steroid dienone is 2. The van der Waals surface area contributed by atoms with Gasteiger partial charge in [0.25, 0.3) is 0 Å². The van der Waals surface area contributed by atoms with Crippen molar-refractivity contribution >= 4 is 17.6 Å². The fraction of sp³-hybridized carbons (Fsp3) is 0.591. The number of rotatable bonds is 9. The third-order valence-corrected chi connectivity index (χ3v) is 6.12. The summed E-state index contributed by atoms with van der Waals surface area (Å²) in [4.78, 5) is 10.5. The van der Waals surface area contributed by atoms with Crippen LogP contribution >= 0.6 is 11.6 Å². The molecule has 0 spiro atoms. The van der Waals surface area contributed by atoms with Crippen LogP contribution in [0.25, 0.3) is 0 Å². The highest BCUT2D eigenvalue weighted by molar-refractivity contribution is 6.21. The summed E-state index contributed by atoms with van der Waals surface area (Å²) in [5.41, 5.74) is 1.85. The van der Waals surface area contributed by atoms with Crippen molar-refractivity contribution < 1.29 is 20.1 Å². The zero-order chi connectivity index (χ0) is 20.0. The monoisotopic (exact) mass is 394 g/mol. The van der Waals surface area contributed by atoms with E-state index in [1.807, 2.05) is 44.2 Å². The van der Waals surface area contributed by atoms with E-state index in [4.69, 9.17) is 16.7 Å². The maximum absolute atomic E-state index is 10.5. The Balaban J connectivity index is 2.04. The van der Waals surface area contributed by atoms with Crippen LogP contribution < -0.4 is 0 Å². The second kappa shape index (κ2) is 9.72. The van der Waals surface area contributed by atoms with E-state index in [1.165, 1.54) is 0 Å². The van der Waals surface area contributed by atoms with Gasteiger partial charge in [-0.2, -0.15) is 0 Å². The van der Waals surface area contributed by atoms with Gasteiger partial charge in [0.1, 0.15) is 0 Å². The van der Waals surface area contributed by atoms with Crippen molar-refractivity contribution in [1.29, 1.82) is 0 Å². The van der Waals surface area contributed by atoms with Gasteiger partial charge in [-0.3, -0.25) is 4.79 Å². The van der Waals surface area contributed by atoms with Crippen LogP contribution in [0.15, 0.2) is 36.4 Å². The molecule has 1 aliphatic carbocycles. The van der Waals surface area contributed by atoms with Gasteiger partial charge in [0.05, 0.1) is 12.7 Å². The highest BCUT2D eigenvalue weighted by Crippen LogP contribution is 2.45. The van der Waals surface area contributed by atoms with Crippen LogP contribution in [0.4, 0.5) is 0 Å². The largest absolute Gasteiger partial charge is 0.481 e. The van der Waals surface area contributed by atoms with Crippen molar-refractivity contribution in [1.82, 2.24) is 0 Å². The van der Waals surface area contributed by atoms with Gasteiger partial charge in [-0.25, -0.2) is 0 Å². The van der Waals surface area contributed by atoms with Gasteiger partial charge >= 0.3 is 5.97 Å². The topological polar surface area (TPSA) is 77.8 Å². The van der Waals surface area contributed by atoms with Crippen LogP contribution in [0, 0.1) is 5.92 Å². The number of unbranched alkanes of at least 4 members (excludes halogenated alkanes) is 1. The second-order valence-corrected chi connectivity index (χ2v) is 8.73. The zero-order valence-corrected chi connectivity index (χ0v) is 16.9. The zero-order valence-electron chi connectivity index (χ0n) is 16.1. The smallest absolute Gasteiger partial charge is 0.303 e. The van der Waals surface area contributed by atoms with E-state index in [1.54, 1.807) is 0 Å². The number of carboxylic acid groups (broad SMARTS) is 1. The first-order valence-corrected chi connectivity index (χ1v) is 10.1. The SMILES string of the molecule is CC(C)(CO)c1ccc(C2C(O)CC(Cl)C2C/C=C/CCCC(=O)O)cc1. The molecule has 1 saturated carbocycles. The minimum atomic E-state index is -0.768. The number of halogens is 1. The second-order valence-electron chi connectivity index (χ2n) is 8.17. The molecule has 27 heavy (non-hydrogen) atoms. The van der Waals surface area contributed by atoms with Crippen molar-refractivity contribution in [3.05, 3.63) is 47.5 Å². The predicted molar refractivity (Wildman–Crippen MR) is 108 cm³/mol. The molecule has 0 radical (unpaired) electrons. The Labute approximate surface area is 166 Å². The first-order chi connectivity index (χ1) is 12.8. The summed E-state index contributed by atoms with van der Waals surface area (Å²) in [7, 11) is 0.